The maximum atomic E-state index is 13.1. The molecule has 0 aromatic heterocycles. The van der Waals surface area contributed by atoms with E-state index in [-0.39, 0.29) is 11.9 Å². The lowest BCUT2D eigenvalue weighted by molar-refractivity contribution is -0.160. The summed E-state index contributed by atoms with van der Waals surface area (Å²) in [6, 6.07) is 0.287. The Morgan fingerprint density at radius 1 is 1.17 bits per heavy atom. The van der Waals surface area contributed by atoms with Gasteiger partial charge in [-0.15, -0.1) is 0 Å². The van der Waals surface area contributed by atoms with Gasteiger partial charge in [-0.05, 0) is 112 Å². The summed E-state index contributed by atoms with van der Waals surface area (Å²) in [5.74, 6) is -0.851. The van der Waals surface area contributed by atoms with Crippen LogP contribution in [0, 0.1) is 17.4 Å². The van der Waals surface area contributed by atoms with E-state index >= 15 is 0 Å². The van der Waals surface area contributed by atoms with Crippen molar-refractivity contribution in [1.82, 2.24) is 9.80 Å². The maximum absolute atomic E-state index is 13.1. The number of ether oxygens (including phenoxy) is 1. The molecule has 30 heavy (non-hydrogen) atoms. The molecule has 1 unspecified atom stereocenters. The first-order chi connectivity index (χ1) is 13.9. The van der Waals surface area contributed by atoms with Crippen molar-refractivity contribution in [3.05, 3.63) is 31.4 Å². The van der Waals surface area contributed by atoms with Crippen LogP contribution in [0.4, 0.5) is 0 Å². The summed E-state index contributed by atoms with van der Waals surface area (Å²) in [5.41, 5.74) is 4.21. The van der Waals surface area contributed by atoms with E-state index in [1.165, 1.54) is 5.56 Å². The van der Waals surface area contributed by atoms with Crippen molar-refractivity contribution in [1.29, 1.82) is 0 Å². The third-order valence-electron chi connectivity index (χ3n) is 6.30. The number of carboxylic acid groups (broad SMARTS) is 1. The molecule has 1 fully saturated rings. The molecule has 1 atom stereocenters. The van der Waals surface area contributed by atoms with Gasteiger partial charge in [-0.2, -0.15) is 0 Å². The second-order valence-electron chi connectivity index (χ2n) is 9.62. The number of nitrogens with zero attached hydrogens (tertiary/aromatic N) is 2. The first-order valence-corrected chi connectivity index (χ1v) is 11.7. The van der Waals surface area contributed by atoms with Gasteiger partial charge in [0.1, 0.15) is 0 Å². The topological polar surface area (TPSA) is 70.1 Å². The van der Waals surface area contributed by atoms with Gasteiger partial charge in [0.25, 0.3) is 0 Å². The third kappa shape index (κ3) is 4.67. The summed E-state index contributed by atoms with van der Waals surface area (Å²) in [6.07, 6.45) is 1.29. The fourth-order valence-electron chi connectivity index (χ4n) is 4.62. The van der Waals surface area contributed by atoms with Crippen LogP contribution >= 0.6 is 22.6 Å². The Kier molecular flexibility index (Phi) is 6.84. The zero-order chi connectivity index (χ0) is 22.4. The SMILES string of the molecule is Cc1c(I)c(C(OC(C)(C)C)C(=O)O)c(C)c2c1CN(C1CCN(C)CC1)C(=O)C2. The number of piperidine rings is 1. The molecule has 1 saturated heterocycles. The normalized spacial score (nSPS) is 19.7. The highest BCUT2D eigenvalue weighted by molar-refractivity contribution is 14.1. The molecular weight excluding hydrogens is 495 g/mol. The smallest absolute Gasteiger partial charge is 0.337 e. The first-order valence-electron chi connectivity index (χ1n) is 10.6. The number of hydrogen-bond acceptors (Lipinski definition) is 4. The Morgan fingerprint density at radius 3 is 2.30 bits per heavy atom. The maximum Gasteiger partial charge on any atom is 0.337 e. The predicted octanol–water partition coefficient (Wildman–Crippen LogP) is 3.83. The summed E-state index contributed by atoms with van der Waals surface area (Å²) < 4.78 is 6.87. The number of aliphatic carboxylic acids is 1. The van der Waals surface area contributed by atoms with Crippen LogP contribution < -0.4 is 0 Å². The highest BCUT2D eigenvalue weighted by Gasteiger charge is 2.37. The second kappa shape index (κ2) is 8.74. The van der Waals surface area contributed by atoms with Gasteiger partial charge in [-0.25, -0.2) is 4.79 Å². The number of carbonyl (C=O) groups is 2. The van der Waals surface area contributed by atoms with Gasteiger partial charge >= 0.3 is 5.97 Å². The van der Waals surface area contributed by atoms with Crippen molar-refractivity contribution in [2.75, 3.05) is 20.1 Å². The number of rotatable bonds is 4. The Labute approximate surface area is 193 Å². The molecule has 2 heterocycles. The van der Waals surface area contributed by atoms with E-state index in [0.717, 1.165) is 46.2 Å². The summed E-state index contributed by atoms with van der Waals surface area (Å²) in [6.45, 7) is 12.2. The van der Waals surface area contributed by atoms with Crippen molar-refractivity contribution in [2.24, 2.45) is 0 Å². The Balaban J connectivity index is 2.01. The molecule has 3 rings (SSSR count). The summed E-state index contributed by atoms with van der Waals surface area (Å²) in [5, 5.41) is 9.91. The molecule has 2 aliphatic heterocycles. The summed E-state index contributed by atoms with van der Waals surface area (Å²) >= 11 is 2.25. The van der Waals surface area contributed by atoms with Crippen LogP contribution in [-0.4, -0.2) is 58.6 Å². The molecular formula is C23H33IN2O4. The van der Waals surface area contributed by atoms with Gasteiger partial charge in [0.05, 0.1) is 12.0 Å². The quantitative estimate of drug-likeness (QED) is 0.602. The highest BCUT2D eigenvalue weighted by atomic mass is 127. The van der Waals surface area contributed by atoms with E-state index in [9.17, 15) is 14.7 Å². The molecule has 1 amide bonds. The van der Waals surface area contributed by atoms with Crippen LogP contribution in [0.15, 0.2) is 0 Å². The van der Waals surface area contributed by atoms with Crippen LogP contribution in [0.1, 0.15) is 67.5 Å². The molecule has 0 saturated carbocycles. The number of carbonyl (C=O) groups excluding carboxylic acids is 1. The van der Waals surface area contributed by atoms with Gasteiger partial charge < -0.3 is 19.6 Å². The Bertz CT molecular complexity index is 854. The van der Waals surface area contributed by atoms with E-state index in [1.54, 1.807) is 0 Å². The molecule has 1 N–H and O–H groups in total. The minimum absolute atomic E-state index is 0.148. The lowest BCUT2D eigenvalue weighted by atomic mass is 9.85. The van der Waals surface area contributed by atoms with Crippen molar-refractivity contribution in [3.8, 4) is 0 Å². The van der Waals surface area contributed by atoms with Crippen LogP contribution in [-0.2, 0) is 27.3 Å². The van der Waals surface area contributed by atoms with Crippen molar-refractivity contribution < 1.29 is 19.4 Å². The van der Waals surface area contributed by atoms with Crippen molar-refractivity contribution in [3.63, 3.8) is 0 Å². The van der Waals surface area contributed by atoms with Crippen molar-refractivity contribution in [2.45, 2.75) is 78.2 Å². The predicted molar refractivity (Wildman–Crippen MR) is 125 cm³/mol. The van der Waals surface area contributed by atoms with E-state index in [2.05, 4.69) is 39.4 Å². The zero-order valence-corrected chi connectivity index (χ0v) is 21.0. The molecule has 0 radical (unpaired) electrons. The fourth-order valence-corrected chi connectivity index (χ4v) is 5.63. The lowest BCUT2D eigenvalue weighted by Crippen LogP contribution is -2.48. The van der Waals surface area contributed by atoms with Gasteiger partial charge in [-0.1, -0.05) is 0 Å². The molecule has 0 bridgehead atoms. The van der Waals surface area contributed by atoms with Gasteiger partial charge in [0.2, 0.25) is 5.91 Å². The first kappa shape index (κ1) is 23.5. The number of carboxylic acids is 1. The van der Waals surface area contributed by atoms with Crippen molar-refractivity contribution >= 4 is 34.5 Å². The van der Waals surface area contributed by atoms with E-state index in [0.29, 0.717) is 18.5 Å². The molecule has 166 valence electrons. The van der Waals surface area contributed by atoms with Crippen LogP contribution in [0.25, 0.3) is 0 Å². The molecule has 0 aliphatic carbocycles. The number of amides is 1. The number of fused-ring (bicyclic) bond motifs is 1. The highest BCUT2D eigenvalue weighted by Crippen LogP contribution is 2.39. The molecule has 1 aromatic rings. The molecule has 0 spiro atoms. The molecule has 7 heteroatoms. The largest absolute Gasteiger partial charge is 0.479 e. The summed E-state index contributed by atoms with van der Waals surface area (Å²) in [7, 11) is 2.12. The van der Waals surface area contributed by atoms with Gasteiger partial charge in [-0.3, -0.25) is 4.79 Å². The zero-order valence-electron chi connectivity index (χ0n) is 18.8. The van der Waals surface area contributed by atoms with E-state index < -0.39 is 17.7 Å². The Hall–Kier alpha value is -1.19. The Morgan fingerprint density at radius 2 is 1.77 bits per heavy atom. The number of likely N-dealkylation sites (tertiary alicyclic amines) is 1. The third-order valence-corrected chi connectivity index (χ3v) is 7.69. The molecule has 6 nitrogen and oxygen atoms in total. The molecule has 1 aromatic carbocycles. The summed E-state index contributed by atoms with van der Waals surface area (Å²) in [4.78, 5) is 29.6. The molecule has 2 aliphatic rings. The van der Waals surface area contributed by atoms with Crippen LogP contribution in [0.3, 0.4) is 0 Å². The average molecular weight is 528 g/mol. The van der Waals surface area contributed by atoms with Crippen LogP contribution in [0.2, 0.25) is 0 Å². The van der Waals surface area contributed by atoms with Crippen LogP contribution in [0.5, 0.6) is 0 Å². The number of halogens is 1. The van der Waals surface area contributed by atoms with E-state index in [1.807, 2.05) is 34.6 Å². The van der Waals surface area contributed by atoms with Gasteiger partial charge in [0.15, 0.2) is 6.10 Å². The lowest BCUT2D eigenvalue weighted by Gasteiger charge is -2.41. The number of benzene rings is 1. The minimum atomic E-state index is -1.05. The standard InChI is InChI=1S/C23H33IN2O4/c1-13-16-11-18(27)26(15-7-9-25(6)10-8-15)12-17(16)14(2)20(24)19(13)21(22(28)29)30-23(3,4)5/h15,21H,7-12H2,1-6H3,(H,28,29). The fraction of sp³-hybridized carbons (Fsp3) is 0.652. The average Bonchev–Trinajstić information content (AvgIpc) is 2.65. The van der Waals surface area contributed by atoms with Gasteiger partial charge in [0, 0.05) is 21.7 Å². The number of hydrogen-bond donors (Lipinski definition) is 1. The monoisotopic (exact) mass is 528 g/mol. The second-order valence-corrected chi connectivity index (χ2v) is 10.7. The van der Waals surface area contributed by atoms with E-state index in [4.69, 9.17) is 4.74 Å². The minimum Gasteiger partial charge on any atom is -0.479 e.